The Kier molecular flexibility index (Phi) is 2.50. The van der Waals surface area contributed by atoms with Gasteiger partial charge < -0.3 is 5.32 Å². The van der Waals surface area contributed by atoms with E-state index in [1.54, 1.807) is 0 Å². The van der Waals surface area contributed by atoms with Gasteiger partial charge >= 0.3 is 0 Å². The minimum Gasteiger partial charge on any atom is -0.382 e. The van der Waals surface area contributed by atoms with E-state index < -0.39 is 0 Å². The summed E-state index contributed by atoms with van der Waals surface area (Å²) < 4.78 is 0. The van der Waals surface area contributed by atoms with Crippen LogP contribution in [0.1, 0.15) is 32.1 Å². The van der Waals surface area contributed by atoms with Crippen molar-refractivity contribution in [2.75, 3.05) is 0 Å². The van der Waals surface area contributed by atoms with Crippen LogP contribution in [0, 0.1) is 12.5 Å². The van der Waals surface area contributed by atoms with Gasteiger partial charge in [0.05, 0.1) is 6.54 Å². The fourth-order valence-electron chi connectivity index (χ4n) is 2.10. The van der Waals surface area contributed by atoms with Crippen LogP contribution in [0.4, 0.5) is 0 Å². The normalized spacial score (nSPS) is 24.8. The van der Waals surface area contributed by atoms with Gasteiger partial charge in [0.15, 0.2) is 0 Å². The lowest BCUT2D eigenvalue weighted by Gasteiger charge is -2.25. The Morgan fingerprint density at radius 1 is 1.17 bits per heavy atom. The average molecular weight is 162 g/mol. The first-order valence-electron chi connectivity index (χ1n) is 4.93. The SMILES string of the molecule is [CH]1NC=CC=C1C1CCCCC1. The Hall–Kier alpha value is -0.720. The van der Waals surface area contributed by atoms with Crippen LogP contribution >= 0.6 is 0 Å². The van der Waals surface area contributed by atoms with E-state index >= 15 is 0 Å². The van der Waals surface area contributed by atoms with Crippen molar-refractivity contribution in [3.05, 3.63) is 30.5 Å². The second kappa shape index (κ2) is 3.79. The predicted octanol–water partition coefficient (Wildman–Crippen LogP) is 2.77. The molecule has 0 bridgehead atoms. The van der Waals surface area contributed by atoms with Crippen molar-refractivity contribution in [1.82, 2.24) is 5.32 Å². The monoisotopic (exact) mass is 162 g/mol. The van der Waals surface area contributed by atoms with E-state index in [0.717, 1.165) is 5.92 Å². The lowest BCUT2D eigenvalue weighted by molar-refractivity contribution is 0.403. The van der Waals surface area contributed by atoms with Crippen LogP contribution in [0.3, 0.4) is 0 Å². The van der Waals surface area contributed by atoms with Crippen LogP contribution in [-0.2, 0) is 0 Å². The van der Waals surface area contributed by atoms with Gasteiger partial charge in [-0.3, -0.25) is 0 Å². The Balaban J connectivity index is 1.97. The fraction of sp³-hybridized carbons (Fsp3) is 0.545. The first-order valence-corrected chi connectivity index (χ1v) is 4.93. The first kappa shape index (κ1) is 7.90. The van der Waals surface area contributed by atoms with E-state index in [2.05, 4.69) is 24.0 Å². The molecule has 0 atom stereocenters. The quantitative estimate of drug-likeness (QED) is 0.625. The van der Waals surface area contributed by atoms with E-state index in [9.17, 15) is 0 Å². The number of rotatable bonds is 1. The fourth-order valence-corrected chi connectivity index (χ4v) is 2.10. The van der Waals surface area contributed by atoms with E-state index in [1.165, 1.54) is 37.7 Å². The number of hydrogen-bond donors (Lipinski definition) is 1. The van der Waals surface area contributed by atoms with Crippen LogP contribution < -0.4 is 5.32 Å². The van der Waals surface area contributed by atoms with Gasteiger partial charge in [0.1, 0.15) is 0 Å². The standard InChI is InChI=1S/C11H16N/c1-2-5-10(6-3-1)11-7-4-8-12-9-11/h4,7-10,12H,1-3,5-6H2. The maximum absolute atomic E-state index is 3.16. The molecule has 0 spiro atoms. The van der Waals surface area contributed by atoms with Gasteiger partial charge in [-0.1, -0.05) is 25.3 Å². The summed E-state index contributed by atoms with van der Waals surface area (Å²) in [6, 6.07) is 0. The highest BCUT2D eigenvalue weighted by molar-refractivity contribution is 5.26. The molecule has 1 N–H and O–H groups in total. The number of dihydropyridines is 1. The van der Waals surface area contributed by atoms with E-state index in [1.807, 2.05) is 6.20 Å². The zero-order chi connectivity index (χ0) is 8.23. The Labute approximate surface area is 74.5 Å². The second-order valence-electron chi connectivity index (χ2n) is 3.67. The molecule has 65 valence electrons. The molecule has 12 heavy (non-hydrogen) atoms. The summed E-state index contributed by atoms with van der Waals surface area (Å²) in [5, 5.41) is 3.16. The highest BCUT2D eigenvalue weighted by Gasteiger charge is 2.17. The molecule has 0 unspecified atom stereocenters. The summed E-state index contributed by atoms with van der Waals surface area (Å²) in [5.74, 6) is 0.830. The van der Waals surface area contributed by atoms with Crippen molar-refractivity contribution in [3.63, 3.8) is 0 Å². The Morgan fingerprint density at radius 2 is 2.00 bits per heavy atom. The molecule has 0 saturated heterocycles. The van der Waals surface area contributed by atoms with Crippen LogP contribution in [0.15, 0.2) is 23.9 Å². The molecular weight excluding hydrogens is 146 g/mol. The Morgan fingerprint density at radius 3 is 2.67 bits per heavy atom. The number of hydrogen-bond acceptors (Lipinski definition) is 1. The van der Waals surface area contributed by atoms with Crippen molar-refractivity contribution in [2.45, 2.75) is 32.1 Å². The molecule has 1 heteroatoms. The van der Waals surface area contributed by atoms with Gasteiger partial charge in [-0.25, -0.2) is 0 Å². The molecule has 1 aliphatic heterocycles. The van der Waals surface area contributed by atoms with Gasteiger partial charge in [-0.15, -0.1) is 0 Å². The molecule has 0 aromatic rings. The number of allylic oxidation sites excluding steroid dienone is 2. The van der Waals surface area contributed by atoms with Gasteiger partial charge in [-0.2, -0.15) is 0 Å². The number of nitrogens with one attached hydrogen (secondary N) is 1. The molecule has 1 aliphatic carbocycles. The van der Waals surface area contributed by atoms with Crippen LogP contribution in [-0.4, -0.2) is 0 Å². The molecule has 1 saturated carbocycles. The molecule has 0 aromatic heterocycles. The average Bonchev–Trinajstić information content (AvgIpc) is 2.21. The lowest BCUT2D eigenvalue weighted by Crippen LogP contribution is -2.16. The minimum atomic E-state index is 0.830. The lowest BCUT2D eigenvalue weighted by atomic mass is 9.83. The zero-order valence-electron chi connectivity index (χ0n) is 7.42. The summed E-state index contributed by atoms with van der Waals surface area (Å²) in [4.78, 5) is 0. The minimum absolute atomic E-state index is 0.830. The smallest absolute Gasteiger partial charge is 0.0714 e. The second-order valence-corrected chi connectivity index (χ2v) is 3.67. The summed E-state index contributed by atoms with van der Waals surface area (Å²) in [5.41, 5.74) is 1.50. The highest BCUT2D eigenvalue weighted by atomic mass is 14.8. The third kappa shape index (κ3) is 1.71. The highest BCUT2D eigenvalue weighted by Crippen LogP contribution is 2.30. The first-order chi connectivity index (χ1) is 5.97. The molecule has 1 heterocycles. The van der Waals surface area contributed by atoms with E-state index in [0.29, 0.717) is 0 Å². The van der Waals surface area contributed by atoms with Crippen LogP contribution in [0.25, 0.3) is 0 Å². The zero-order valence-corrected chi connectivity index (χ0v) is 7.42. The molecular formula is C11H16N. The molecule has 2 aliphatic rings. The van der Waals surface area contributed by atoms with Crippen LogP contribution in [0.2, 0.25) is 0 Å². The summed E-state index contributed by atoms with van der Waals surface area (Å²) in [6.07, 6.45) is 13.4. The molecule has 2 rings (SSSR count). The molecule has 1 nitrogen and oxygen atoms in total. The topological polar surface area (TPSA) is 12.0 Å². The van der Waals surface area contributed by atoms with Gasteiger partial charge in [0.2, 0.25) is 0 Å². The van der Waals surface area contributed by atoms with Gasteiger partial charge in [0.25, 0.3) is 0 Å². The van der Waals surface area contributed by atoms with Gasteiger partial charge in [0, 0.05) is 0 Å². The summed E-state index contributed by atoms with van der Waals surface area (Å²) in [7, 11) is 0. The maximum atomic E-state index is 3.16. The molecule has 0 amide bonds. The molecule has 1 radical (unpaired) electrons. The summed E-state index contributed by atoms with van der Waals surface area (Å²) in [6.45, 7) is 2.15. The molecule has 1 fully saturated rings. The maximum Gasteiger partial charge on any atom is 0.0714 e. The largest absolute Gasteiger partial charge is 0.382 e. The Bertz CT molecular complexity index is 197. The summed E-state index contributed by atoms with van der Waals surface area (Å²) >= 11 is 0. The van der Waals surface area contributed by atoms with E-state index in [4.69, 9.17) is 0 Å². The van der Waals surface area contributed by atoms with Crippen molar-refractivity contribution in [3.8, 4) is 0 Å². The van der Waals surface area contributed by atoms with Crippen molar-refractivity contribution in [1.29, 1.82) is 0 Å². The molecule has 0 aromatic carbocycles. The predicted molar refractivity (Wildman–Crippen MR) is 51.2 cm³/mol. The third-order valence-corrected chi connectivity index (χ3v) is 2.81. The van der Waals surface area contributed by atoms with Crippen molar-refractivity contribution in [2.24, 2.45) is 5.92 Å². The third-order valence-electron chi connectivity index (χ3n) is 2.81. The van der Waals surface area contributed by atoms with Crippen LogP contribution in [0.5, 0.6) is 0 Å². The van der Waals surface area contributed by atoms with Crippen molar-refractivity contribution >= 4 is 0 Å². The van der Waals surface area contributed by atoms with Crippen molar-refractivity contribution < 1.29 is 0 Å². The van der Waals surface area contributed by atoms with E-state index in [-0.39, 0.29) is 0 Å². The van der Waals surface area contributed by atoms with Gasteiger partial charge in [-0.05, 0) is 36.6 Å².